The molecular formula is C23H24N2O2. The van der Waals surface area contributed by atoms with E-state index in [1.165, 1.54) is 40.6 Å². The summed E-state index contributed by atoms with van der Waals surface area (Å²) < 4.78 is 5.36. The summed E-state index contributed by atoms with van der Waals surface area (Å²) in [7, 11) is 1.68. The Labute approximate surface area is 159 Å². The molecule has 1 aromatic heterocycles. The molecule has 0 saturated heterocycles. The monoisotopic (exact) mass is 360 g/mol. The van der Waals surface area contributed by atoms with Crippen LogP contribution in [0.2, 0.25) is 0 Å². The standard InChI is InChI=1S/C23H24N2O2/c1-27-17-10-9-15-11-12-25(14-16(15)13-17)23(26)20-7-4-6-19-18-5-2-3-8-21(18)24-22(19)20/h4,6-7,9-10,13,24H,2-3,5,8,11-12,14H2,1H3. The van der Waals surface area contributed by atoms with Crippen LogP contribution in [0.25, 0.3) is 10.9 Å². The minimum Gasteiger partial charge on any atom is -0.497 e. The molecule has 4 heteroatoms. The number of methoxy groups -OCH3 is 1. The van der Waals surface area contributed by atoms with E-state index in [1.807, 2.05) is 23.1 Å². The minimum absolute atomic E-state index is 0.118. The fourth-order valence-corrected chi connectivity index (χ4v) is 4.61. The molecule has 0 radical (unpaired) electrons. The van der Waals surface area contributed by atoms with Crippen LogP contribution in [-0.2, 0) is 25.8 Å². The molecule has 27 heavy (non-hydrogen) atoms. The van der Waals surface area contributed by atoms with Crippen LogP contribution in [0.15, 0.2) is 36.4 Å². The fourth-order valence-electron chi connectivity index (χ4n) is 4.61. The summed E-state index contributed by atoms with van der Waals surface area (Å²) in [5.74, 6) is 0.967. The van der Waals surface area contributed by atoms with Crippen LogP contribution < -0.4 is 4.74 Å². The van der Waals surface area contributed by atoms with Crippen LogP contribution in [0.1, 0.15) is 45.6 Å². The number of carbonyl (C=O) groups is 1. The topological polar surface area (TPSA) is 45.3 Å². The number of aromatic amines is 1. The Morgan fingerprint density at radius 2 is 1.96 bits per heavy atom. The van der Waals surface area contributed by atoms with Crippen molar-refractivity contribution in [3.63, 3.8) is 0 Å². The Bertz CT molecular complexity index is 1030. The van der Waals surface area contributed by atoms with E-state index in [0.717, 1.165) is 42.6 Å². The number of ether oxygens (including phenoxy) is 1. The van der Waals surface area contributed by atoms with Crippen molar-refractivity contribution in [1.29, 1.82) is 0 Å². The van der Waals surface area contributed by atoms with Crippen LogP contribution >= 0.6 is 0 Å². The van der Waals surface area contributed by atoms with Crippen molar-refractivity contribution in [3.05, 3.63) is 64.3 Å². The Morgan fingerprint density at radius 3 is 2.85 bits per heavy atom. The molecule has 2 aliphatic rings. The number of nitrogens with zero attached hydrogens (tertiary/aromatic N) is 1. The zero-order valence-electron chi connectivity index (χ0n) is 15.7. The number of aryl methyl sites for hydroxylation is 2. The van der Waals surface area contributed by atoms with Gasteiger partial charge in [0.2, 0.25) is 0 Å². The van der Waals surface area contributed by atoms with E-state index in [1.54, 1.807) is 7.11 Å². The van der Waals surface area contributed by atoms with Crippen molar-refractivity contribution >= 4 is 16.8 Å². The van der Waals surface area contributed by atoms with Crippen molar-refractivity contribution in [3.8, 4) is 5.75 Å². The Morgan fingerprint density at radius 1 is 1.07 bits per heavy atom. The molecule has 2 aromatic carbocycles. The average molecular weight is 360 g/mol. The second-order valence-corrected chi connectivity index (χ2v) is 7.63. The number of aromatic nitrogens is 1. The Hall–Kier alpha value is -2.75. The number of rotatable bonds is 2. The van der Waals surface area contributed by atoms with Gasteiger partial charge in [0.15, 0.2) is 0 Å². The predicted octanol–water partition coefficient (Wildman–Crippen LogP) is 4.25. The number of H-pyrrole nitrogens is 1. The van der Waals surface area contributed by atoms with Crippen molar-refractivity contribution in [2.24, 2.45) is 0 Å². The third kappa shape index (κ3) is 2.71. The van der Waals surface area contributed by atoms with Gasteiger partial charge in [0.1, 0.15) is 5.75 Å². The molecule has 0 spiro atoms. The van der Waals surface area contributed by atoms with Gasteiger partial charge in [0.25, 0.3) is 5.91 Å². The second-order valence-electron chi connectivity index (χ2n) is 7.63. The zero-order valence-corrected chi connectivity index (χ0v) is 15.7. The van der Waals surface area contributed by atoms with Crippen LogP contribution in [0, 0.1) is 0 Å². The highest BCUT2D eigenvalue weighted by Crippen LogP contribution is 2.32. The lowest BCUT2D eigenvalue weighted by atomic mass is 9.95. The third-order valence-corrected chi connectivity index (χ3v) is 6.08. The molecule has 1 amide bonds. The number of hydrogen-bond acceptors (Lipinski definition) is 2. The summed E-state index contributed by atoms with van der Waals surface area (Å²) >= 11 is 0. The maximum absolute atomic E-state index is 13.4. The third-order valence-electron chi connectivity index (χ3n) is 6.08. The first-order valence-corrected chi connectivity index (χ1v) is 9.82. The summed E-state index contributed by atoms with van der Waals surface area (Å²) in [6, 6.07) is 12.3. The molecule has 0 bridgehead atoms. The van der Waals surface area contributed by atoms with Crippen LogP contribution in [0.4, 0.5) is 0 Å². The number of nitrogens with one attached hydrogen (secondary N) is 1. The van der Waals surface area contributed by atoms with Gasteiger partial charge in [0.05, 0.1) is 18.2 Å². The molecular weight excluding hydrogens is 336 g/mol. The van der Waals surface area contributed by atoms with Crippen molar-refractivity contribution in [2.75, 3.05) is 13.7 Å². The number of amides is 1. The van der Waals surface area contributed by atoms with E-state index >= 15 is 0 Å². The van der Waals surface area contributed by atoms with Gasteiger partial charge in [-0.05, 0) is 67.0 Å². The minimum atomic E-state index is 0.118. The molecule has 4 nitrogen and oxygen atoms in total. The van der Waals surface area contributed by atoms with Gasteiger partial charge >= 0.3 is 0 Å². The van der Waals surface area contributed by atoms with Gasteiger partial charge in [-0.2, -0.15) is 0 Å². The van der Waals surface area contributed by atoms with Crippen LogP contribution in [-0.4, -0.2) is 29.4 Å². The van der Waals surface area contributed by atoms with E-state index in [0.29, 0.717) is 6.54 Å². The summed E-state index contributed by atoms with van der Waals surface area (Å²) in [4.78, 5) is 18.9. The highest BCUT2D eigenvalue weighted by atomic mass is 16.5. The molecule has 0 saturated carbocycles. The van der Waals surface area contributed by atoms with Gasteiger partial charge in [0, 0.05) is 24.2 Å². The van der Waals surface area contributed by atoms with Crippen molar-refractivity contribution < 1.29 is 9.53 Å². The fraction of sp³-hybridized carbons (Fsp3) is 0.348. The van der Waals surface area contributed by atoms with Gasteiger partial charge in [-0.3, -0.25) is 4.79 Å². The maximum Gasteiger partial charge on any atom is 0.256 e. The summed E-state index contributed by atoms with van der Waals surface area (Å²) in [6.07, 6.45) is 5.57. The quantitative estimate of drug-likeness (QED) is 0.742. The molecule has 1 aliphatic carbocycles. The van der Waals surface area contributed by atoms with E-state index in [4.69, 9.17) is 4.74 Å². The highest BCUT2D eigenvalue weighted by molar-refractivity contribution is 6.06. The highest BCUT2D eigenvalue weighted by Gasteiger charge is 2.25. The van der Waals surface area contributed by atoms with Crippen molar-refractivity contribution in [1.82, 2.24) is 9.88 Å². The number of para-hydroxylation sites is 1. The number of hydrogen-bond donors (Lipinski definition) is 1. The van der Waals surface area contributed by atoms with E-state index in [-0.39, 0.29) is 5.91 Å². The van der Waals surface area contributed by atoms with Gasteiger partial charge in [-0.15, -0.1) is 0 Å². The molecule has 0 unspecified atom stereocenters. The number of carbonyl (C=O) groups excluding carboxylic acids is 1. The lowest BCUT2D eigenvalue weighted by molar-refractivity contribution is 0.0736. The second kappa shape index (κ2) is 6.45. The van der Waals surface area contributed by atoms with E-state index in [2.05, 4.69) is 23.2 Å². The van der Waals surface area contributed by atoms with Crippen LogP contribution in [0.3, 0.4) is 0 Å². The number of fused-ring (bicyclic) bond motifs is 4. The number of benzene rings is 2. The smallest absolute Gasteiger partial charge is 0.256 e. The van der Waals surface area contributed by atoms with E-state index in [9.17, 15) is 4.79 Å². The molecule has 3 aromatic rings. The first kappa shape index (κ1) is 16.4. The first-order chi connectivity index (χ1) is 13.2. The normalized spacial score (nSPS) is 16.1. The van der Waals surface area contributed by atoms with Crippen LogP contribution in [0.5, 0.6) is 5.75 Å². The van der Waals surface area contributed by atoms with Gasteiger partial charge in [-0.25, -0.2) is 0 Å². The lowest BCUT2D eigenvalue weighted by Gasteiger charge is -2.29. The van der Waals surface area contributed by atoms with Crippen molar-refractivity contribution in [2.45, 2.75) is 38.6 Å². The summed E-state index contributed by atoms with van der Waals surface area (Å²) in [6.45, 7) is 1.40. The predicted molar refractivity (Wildman–Crippen MR) is 106 cm³/mol. The maximum atomic E-state index is 13.4. The summed E-state index contributed by atoms with van der Waals surface area (Å²) in [5, 5.41) is 1.23. The Balaban J connectivity index is 1.50. The Kier molecular flexibility index (Phi) is 3.92. The molecule has 1 aliphatic heterocycles. The van der Waals surface area contributed by atoms with Gasteiger partial charge < -0.3 is 14.6 Å². The lowest BCUT2D eigenvalue weighted by Crippen LogP contribution is -2.36. The summed E-state index contributed by atoms with van der Waals surface area (Å²) in [5.41, 5.74) is 7.06. The molecule has 1 N–H and O–H groups in total. The molecule has 138 valence electrons. The zero-order chi connectivity index (χ0) is 18.4. The largest absolute Gasteiger partial charge is 0.497 e. The average Bonchev–Trinajstić information content (AvgIpc) is 3.11. The first-order valence-electron chi connectivity index (χ1n) is 9.82. The van der Waals surface area contributed by atoms with E-state index < -0.39 is 0 Å². The SMILES string of the molecule is COc1ccc2c(c1)CN(C(=O)c1cccc3c4c([nH]c13)CCCC4)CC2. The molecule has 2 heterocycles. The molecule has 5 rings (SSSR count). The molecule has 0 atom stereocenters. The van der Waals surface area contributed by atoms with Gasteiger partial charge in [-0.1, -0.05) is 18.2 Å². The molecule has 0 fully saturated rings.